The predicted molar refractivity (Wildman–Crippen MR) is 107 cm³/mol. The van der Waals surface area contributed by atoms with Crippen molar-refractivity contribution in [3.05, 3.63) is 53.1 Å². The number of rotatable bonds is 3. The van der Waals surface area contributed by atoms with E-state index in [-0.39, 0.29) is 17.2 Å². The highest BCUT2D eigenvalue weighted by atomic mass is 35.5. The summed E-state index contributed by atoms with van der Waals surface area (Å²) in [6.07, 6.45) is 1.48. The lowest BCUT2D eigenvalue weighted by Crippen LogP contribution is -2.62. The van der Waals surface area contributed by atoms with E-state index in [0.717, 1.165) is 6.07 Å². The van der Waals surface area contributed by atoms with Crippen molar-refractivity contribution in [2.45, 2.75) is 37.8 Å². The first-order chi connectivity index (χ1) is 13.0. The zero-order chi connectivity index (χ0) is 20.7. The fraction of sp³-hybridized carbons (Fsp3) is 0.368. The van der Waals surface area contributed by atoms with Gasteiger partial charge < -0.3 is 15.4 Å². The smallest absolute Gasteiger partial charge is 0.302 e. The van der Waals surface area contributed by atoms with Gasteiger partial charge in [-0.2, -0.15) is 0 Å². The Hall–Kier alpha value is -1.90. The summed E-state index contributed by atoms with van der Waals surface area (Å²) >= 11 is 10.9. The van der Waals surface area contributed by atoms with Crippen LogP contribution in [0, 0.1) is 5.82 Å². The van der Waals surface area contributed by atoms with Gasteiger partial charge in [-0.05, 0) is 51.1 Å². The van der Waals surface area contributed by atoms with Crippen LogP contribution in [0.2, 0.25) is 5.15 Å². The topological polar surface area (TPSA) is 46.2 Å². The van der Waals surface area contributed by atoms with Crippen LogP contribution in [0.15, 0.2) is 36.5 Å². The standard InChI is InChI=1S/C19H19ClF3N3OS/c1-17(2)19(22,23)18(3,26-16(28)10-27-17)13-8-11(4-6-14(13)21)25-12-5-7-15(20)24-9-12/h4-9,25H,10H2,1-3H3,(H,26,28)/t18-/m1/s1. The van der Waals surface area contributed by atoms with Gasteiger partial charge in [0.15, 0.2) is 0 Å². The van der Waals surface area contributed by atoms with E-state index in [2.05, 4.69) is 15.6 Å². The summed E-state index contributed by atoms with van der Waals surface area (Å²) in [5.74, 6) is -4.27. The number of halogens is 4. The molecule has 0 bridgehead atoms. The van der Waals surface area contributed by atoms with Gasteiger partial charge in [0.2, 0.25) is 0 Å². The summed E-state index contributed by atoms with van der Waals surface area (Å²) < 4.78 is 51.0. The average molecular weight is 430 g/mol. The number of nitrogens with one attached hydrogen (secondary N) is 2. The van der Waals surface area contributed by atoms with Crippen LogP contribution in [0.4, 0.5) is 24.5 Å². The molecule has 150 valence electrons. The van der Waals surface area contributed by atoms with Crippen LogP contribution in [-0.2, 0) is 10.3 Å². The van der Waals surface area contributed by atoms with Gasteiger partial charge in [-0.3, -0.25) is 0 Å². The minimum Gasteiger partial charge on any atom is -0.363 e. The number of hydrogen-bond donors (Lipinski definition) is 2. The number of thiocarbonyl (C=S) groups is 1. The van der Waals surface area contributed by atoms with E-state index in [9.17, 15) is 4.39 Å². The maximum Gasteiger partial charge on any atom is 0.302 e. The van der Waals surface area contributed by atoms with Crippen LogP contribution < -0.4 is 10.6 Å². The van der Waals surface area contributed by atoms with Crippen LogP contribution in [0.25, 0.3) is 0 Å². The molecule has 0 spiro atoms. The number of alkyl halides is 2. The Morgan fingerprint density at radius 3 is 2.50 bits per heavy atom. The molecule has 4 nitrogen and oxygen atoms in total. The molecule has 0 amide bonds. The molecule has 0 radical (unpaired) electrons. The van der Waals surface area contributed by atoms with Gasteiger partial charge in [0, 0.05) is 11.3 Å². The minimum absolute atomic E-state index is 0.0763. The van der Waals surface area contributed by atoms with Gasteiger partial charge >= 0.3 is 5.92 Å². The van der Waals surface area contributed by atoms with Crippen molar-refractivity contribution in [1.29, 1.82) is 0 Å². The maximum atomic E-state index is 15.5. The van der Waals surface area contributed by atoms with Crippen molar-refractivity contribution in [3.8, 4) is 0 Å². The van der Waals surface area contributed by atoms with E-state index in [1.807, 2.05) is 0 Å². The SMILES string of the molecule is CC1(C)OCC(=S)N[C@](C)(c2cc(Nc3ccc(Cl)nc3)ccc2F)C1(F)F. The molecule has 2 aromatic rings. The quantitative estimate of drug-likeness (QED) is 0.519. The Balaban J connectivity index is 2.07. The van der Waals surface area contributed by atoms with Crippen molar-refractivity contribution in [2.75, 3.05) is 11.9 Å². The number of ether oxygens (including phenoxy) is 1. The average Bonchev–Trinajstić information content (AvgIpc) is 2.68. The Bertz CT molecular complexity index is 908. The first kappa shape index (κ1) is 20.8. The number of benzene rings is 1. The van der Waals surface area contributed by atoms with E-state index in [0.29, 0.717) is 16.5 Å². The molecule has 9 heteroatoms. The highest BCUT2D eigenvalue weighted by Gasteiger charge is 2.64. The molecule has 0 saturated carbocycles. The van der Waals surface area contributed by atoms with Crippen LogP contribution in [-0.4, -0.2) is 28.1 Å². The molecule has 1 saturated heterocycles. The molecule has 1 fully saturated rings. The fourth-order valence-corrected chi connectivity index (χ4v) is 3.55. The van der Waals surface area contributed by atoms with Crippen molar-refractivity contribution < 1.29 is 17.9 Å². The predicted octanol–water partition coefficient (Wildman–Crippen LogP) is 5.19. The lowest BCUT2D eigenvalue weighted by Gasteiger charge is -2.44. The number of aromatic nitrogens is 1. The number of nitrogens with zero attached hydrogens (tertiary/aromatic N) is 1. The molecule has 28 heavy (non-hydrogen) atoms. The van der Waals surface area contributed by atoms with Crippen LogP contribution >= 0.6 is 23.8 Å². The summed E-state index contributed by atoms with van der Waals surface area (Å²) in [4.78, 5) is 4.02. The summed E-state index contributed by atoms with van der Waals surface area (Å²) in [6.45, 7) is 3.58. The van der Waals surface area contributed by atoms with E-state index >= 15 is 8.78 Å². The monoisotopic (exact) mass is 429 g/mol. The first-order valence-electron chi connectivity index (χ1n) is 8.48. The lowest BCUT2D eigenvalue weighted by molar-refractivity contribution is -0.216. The zero-order valence-electron chi connectivity index (χ0n) is 15.4. The second-order valence-electron chi connectivity index (χ2n) is 7.24. The molecule has 1 atom stereocenters. The summed E-state index contributed by atoms with van der Waals surface area (Å²) in [5, 5.41) is 5.94. The van der Waals surface area contributed by atoms with E-state index in [1.54, 1.807) is 12.1 Å². The third-order valence-corrected chi connectivity index (χ3v) is 5.30. The van der Waals surface area contributed by atoms with Gasteiger partial charge in [-0.1, -0.05) is 23.8 Å². The highest BCUT2D eigenvalue weighted by molar-refractivity contribution is 7.80. The zero-order valence-corrected chi connectivity index (χ0v) is 17.0. The molecule has 1 aromatic heterocycles. The van der Waals surface area contributed by atoms with E-state index in [1.165, 1.54) is 39.1 Å². The normalized spacial score (nSPS) is 23.6. The molecule has 2 heterocycles. The number of anilines is 2. The molecule has 1 aromatic carbocycles. The van der Waals surface area contributed by atoms with Gasteiger partial charge in [-0.15, -0.1) is 0 Å². The molecular weight excluding hydrogens is 411 g/mol. The largest absolute Gasteiger partial charge is 0.363 e. The molecule has 3 rings (SSSR count). The molecular formula is C19H19ClF3N3OS. The molecule has 1 aliphatic heterocycles. The lowest BCUT2D eigenvalue weighted by atomic mass is 9.77. The summed E-state index contributed by atoms with van der Waals surface area (Å²) in [5.41, 5.74) is -3.24. The van der Waals surface area contributed by atoms with Gasteiger partial charge in [0.05, 0.1) is 18.5 Å². The van der Waals surface area contributed by atoms with Crippen LogP contribution in [0.3, 0.4) is 0 Å². The highest BCUT2D eigenvalue weighted by Crippen LogP contribution is 2.48. The molecule has 0 unspecified atom stereocenters. The van der Waals surface area contributed by atoms with Crippen molar-refractivity contribution in [2.24, 2.45) is 0 Å². The van der Waals surface area contributed by atoms with Crippen LogP contribution in [0.5, 0.6) is 0 Å². The van der Waals surface area contributed by atoms with Gasteiger partial charge in [0.1, 0.15) is 27.1 Å². The third-order valence-electron chi connectivity index (χ3n) is 4.86. The second-order valence-corrected chi connectivity index (χ2v) is 8.12. The number of hydrogen-bond acceptors (Lipinski definition) is 4. The summed E-state index contributed by atoms with van der Waals surface area (Å²) in [6, 6.07) is 7.16. The molecule has 0 aliphatic carbocycles. The number of pyridine rings is 1. The first-order valence-corrected chi connectivity index (χ1v) is 9.26. The molecule has 1 aliphatic rings. The van der Waals surface area contributed by atoms with E-state index < -0.39 is 22.9 Å². The fourth-order valence-electron chi connectivity index (χ4n) is 3.17. The van der Waals surface area contributed by atoms with Crippen molar-refractivity contribution in [1.82, 2.24) is 10.3 Å². The Labute approximate surface area is 171 Å². The third kappa shape index (κ3) is 3.56. The molecule has 2 N–H and O–H groups in total. The minimum atomic E-state index is -3.48. The second kappa shape index (κ2) is 7.17. The van der Waals surface area contributed by atoms with Crippen LogP contribution in [0.1, 0.15) is 26.3 Å². The van der Waals surface area contributed by atoms with Crippen molar-refractivity contribution in [3.63, 3.8) is 0 Å². The van der Waals surface area contributed by atoms with Crippen molar-refractivity contribution >= 4 is 40.2 Å². The van der Waals surface area contributed by atoms with Gasteiger partial charge in [-0.25, -0.2) is 18.2 Å². The maximum absolute atomic E-state index is 15.5. The Morgan fingerprint density at radius 1 is 1.18 bits per heavy atom. The van der Waals surface area contributed by atoms with Gasteiger partial charge in [0.25, 0.3) is 0 Å². The Morgan fingerprint density at radius 2 is 1.86 bits per heavy atom. The van der Waals surface area contributed by atoms with E-state index in [4.69, 9.17) is 28.6 Å². The summed E-state index contributed by atoms with van der Waals surface area (Å²) in [7, 11) is 0. The Kier molecular flexibility index (Phi) is 5.33.